The Morgan fingerprint density at radius 3 is 2.50 bits per heavy atom. The molecule has 4 heterocycles. The van der Waals surface area contributed by atoms with E-state index in [4.69, 9.17) is 4.74 Å². The Labute approximate surface area is 295 Å². The molecule has 3 aromatic carbocycles. The number of rotatable bonds is 8. The maximum absolute atomic E-state index is 13.4. The zero-order chi connectivity index (χ0) is 35.1. The van der Waals surface area contributed by atoms with E-state index < -0.39 is 11.8 Å². The predicted molar refractivity (Wildman–Crippen MR) is 194 cm³/mol. The third-order valence-electron chi connectivity index (χ3n) is 8.97. The molecule has 1 unspecified atom stereocenters. The van der Waals surface area contributed by atoms with Gasteiger partial charge in [0.1, 0.15) is 22.9 Å². The van der Waals surface area contributed by atoms with Crippen LogP contribution in [-0.2, 0) is 11.3 Å². The molecule has 0 bridgehead atoms. The van der Waals surface area contributed by atoms with Crippen LogP contribution in [0.2, 0.25) is 0 Å². The van der Waals surface area contributed by atoms with E-state index in [9.17, 15) is 24.0 Å². The van der Waals surface area contributed by atoms with Gasteiger partial charge in [-0.15, -0.1) is 23.1 Å². The molecule has 4 amide bonds. The number of para-hydroxylation sites is 1. The van der Waals surface area contributed by atoms with Gasteiger partial charge in [0, 0.05) is 23.7 Å². The van der Waals surface area contributed by atoms with E-state index in [1.165, 1.54) is 27.6 Å². The lowest BCUT2D eigenvalue weighted by Crippen LogP contribution is -2.42. The number of fused-ring (bicyclic) bond motifs is 2. The zero-order valence-electron chi connectivity index (χ0n) is 27.6. The molecule has 0 aliphatic carbocycles. The van der Waals surface area contributed by atoms with Gasteiger partial charge in [0.15, 0.2) is 0 Å². The van der Waals surface area contributed by atoms with Gasteiger partial charge in [-0.05, 0) is 92.1 Å². The van der Waals surface area contributed by atoms with Crippen LogP contribution < -0.4 is 20.5 Å². The average Bonchev–Trinajstić information content (AvgIpc) is 3.59. The SMILES string of the molecule is CSc1ccccc1N1C(=O)c2ccc(Oc3ccc(NC(=O)c4sc5ncn(CC(=O)N6CCCC(C)C6)c(=O)c5c4C)cc3)cc2C1=O. The van der Waals surface area contributed by atoms with Crippen molar-refractivity contribution < 1.29 is 23.9 Å². The number of likely N-dealkylation sites (tertiary alicyclic amines) is 1. The minimum Gasteiger partial charge on any atom is -0.457 e. The number of nitrogens with one attached hydrogen (secondary N) is 1. The number of carbonyl (C=O) groups is 4. The molecule has 1 N–H and O–H groups in total. The molecule has 2 aliphatic heterocycles. The molecule has 0 radical (unpaired) electrons. The first-order valence-corrected chi connectivity index (χ1v) is 18.2. The molecule has 1 atom stereocenters. The van der Waals surface area contributed by atoms with Crippen molar-refractivity contribution in [3.63, 3.8) is 0 Å². The number of nitrogens with zero attached hydrogens (tertiary/aromatic N) is 4. The Balaban J connectivity index is 1.03. The first kappa shape index (κ1) is 33.2. The van der Waals surface area contributed by atoms with Crippen LogP contribution in [0.1, 0.15) is 55.7 Å². The summed E-state index contributed by atoms with van der Waals surface area (Å²) in [5.41, 5.74) is 1.77. The van der Waals surface area contributed by atoms with Gasteiger partial charge in [-0.25, -0.2) is 9.88 Å². The summed E-state index contributed by atoms with van der Waals surface area (Å²) in [5, 5.41) is 3.20. The van der Waals surface area contributed by atoms with Crippen LogP contribution in [0.3, 0.4) is 0 Å². The molecule has 0 saturated carbocycles. The minimum absolute atomic E-state index is 0.0925. The van der Waals surface area contributed by atoms with Crippen LogP contribution in [0.15, 0.2) is 82.7 Å². The van der Waals surface area contributed by atoms with Crippen LogP contribution in [0, 0.1) is 12.8 Å². The van der Waals surface area contributed by atoms with E-state index in [1.807, 2.05) is 18.4 Å². The van der Waals surface area contributed by atoms with Crippen LogP contribution in [0.4, 0.5) is 11.4 Å². The minimum atomic E-state index is -0.415. The number of aryl methyl sites for hydroxylation is 1. The molecule has 7 rings (SSSR count). The van der Waals surface area contributed by atoms with E-state index in [2.05, 4.69) is 17.2 Å². The lowest BCUT2D eigenvalue weighted by atomic mass is 10.0. The molecule has 50 heavy (non-hydrogen) atoms. The maximum Gasteiger partial charge on any atom is 0.266 e. The topological polar surface area (TPSA) is 131 Å². The lowest BCUT2D eigenvalue weighted by Gasteiger charge is -2.31. The summed E-state index contributed by atoms with van der Waals surface area (Å²) in [7, 11) is 0. The van der Waals surface area contributed by atoms with Crippen molar-refractivity contribution in [2.75, 3.05) is 29.6 Å². The summed E-state index contributed by atoms with van der Waals surface area (Å²) in [5.74, 6) is -0.0319. The molecule has 11 nitrogen and oxygen atoms in total. The summed E-state index contributed by atoms with van der Waals surface area (Å²) in [4.78, 5) is 75.2. The highest BCUT2D eigenvalue weighted by molar-refractivity contribution is 7.98. The Bertz CT molecular complexity index is 2250. The third kappa shape index (κ3) is 6.18. The number of imide groups is 1. The Morgan fingerprint density at radius 2 is 1.74 bits per heavy atom. The fourth-order valence-corrected chi connectivity index (χ4v) is 8.01. The second kappa shape index (κ2) is 13.6. The predicted octanol–water partition coefficient (Wildman–Crippen LogP) is 6.59. The first-order chi connectivity index (χ1) is 24.1. The number of benzene rings is 3. The molecule has 1 saturated heterocycles. The number of piperidine rings is 1. The standard InChI is InChI=1S/C37H33N5O6S2/c1-21-7-6-16-40(18-21)30(43)19-41-20-38-34-31(37(41)47)22(2)32(50-34)33(44)39-23-10-12-24(13-11-23)48-25-14-15-26-27(17-25)36(46)42(35(26)45)28-8-4-5-9-29(28)49-3/h4-5,8-15,17,20-21H,6-7,16,18-19H2,1-3H3,(H,39,44). The van der Waals surface area contributed by atoms with Crippen molar-refractivity contribution in [3.8, 4) is 11.5 Å². The number of thiophene rings is 1. The number of anilines is 2. The van der Waals surface area contributed by atoms with Gasteiger partial charge in [0.25, 0.3) is 23.3 Å². The second-order valence-corrected chi connectivity index (χ2v) is 14.3. The molecule has 2 aliphatic rings. The summed E-state index contributed by atoms with van der Waals surface area (Å²) >= 11 is 2.58. The van der Waals surface area contributed by atoms with Crippen molar-refractivity contribution in [3.05, 3.63) is 105 Å². The molecule has 2 aromatic heterocycles. The van der Waals surface area contributed by atoms with Crippen LogP contribution in [-0.4, -0.2) is 57.4 Å². The monoisotopic (exact) mass is 707 g/mol. The van der Waals surface area contributed by atoms with Gasteiger partial charge in [-0.3, -0.25) is 28.5 Å². The molecule has 13 heteroatoms. The molecule has 0 spiro atoms. The van der Waals surface area contributed by atoms with Gasteiger partial charge in [-0.2, -0.15) is 0 Å². The summed E-state index contributed by atoms with van der Waals surface area (Å²) in [6.07, 6.45) is 5.31. The number of hydrogen-bond donors (Lipinski definition) is 1. The first-order valence-electron chi connectivity index (χ1n) is 16.1. The van der Waals surface area contributed by atoms with E-state index >= 15 is 0 Å². The molecular formula is C37H33N5O6S2. The number of amides is 4. The van der Waals surface area contributed by atoms with Gasteiger partial charge in [-0.1, -0.05) is 19.1 Å². The van der Waals surface area contributed by atoms with Crippen molar-refractivity contribution in [2.24, 2.45) is 5.92 Å². The molecular weight excluding hydrogens is 675 g/mol. The Kier molecular flexibility index (Phi) is 9.02. The van der Waals surface area contributed by atoms with Crippen LogP contribution >= 0.6 is 23.1 Å². The third-order valence-corrected chi connectivity index (χ3v) is 11.0. The quantitative estimate of drug-likeness (QED) is 0.141. The van der Waals surface area contributed by atoms with Crippen molar-refractivity contribution in [1.82, 2.24) is 14.5 Å². The van der Waals surface area contributed by atoms with Crippen LogP contribution in [0.25, 0.3) is 10.2 Å². The van der Waals surface area contributed by atoms with Crippen molar-refractivity contribution in [1.29, 1.82) is 0 Å². The normalized spacial score (nSPS) is 15.8. The maximum atomic E-state index is 13.4. The Morgan fingerprint density at radius 1 is 1.00 bits per heavy atom. The molecule has 254 valence electrons. The summed E-state index contributed by atoms with van der Waals surface area (Å²) < 4.78 is 7.32. The fraction of sp³-hybridized carbons (Fsp3) is 0.243. The lowest BCUT2D eigenvalue weighted by molar-refractivity contribution is -0.133. The van der Waals surface area contributed by atoms with E-state index in [1.54, 1.807) is 66.4 Å². The van der Waals surface area contributed by atoms with Crippen molar-refractivity contribution in [2.45, 2.75) is 38.1 Å². The number of ether oxygens (including phenoxy) is 1. The second-order valence-electron chi connectivity index (χ2n) is 12.4. The highest BCUT2D eigenvalue weighted by atomic mass is 32.2. The molecule has 1 fully saturated rings. The number of carbonyl (C=O) groups excluding carboxylic acids is 4. The van der Waals surface area contributed by atoms with Gasteiger partial charge >= 0.3 is 0 Å². The highest BCUT2D eigenvalue weighted by Crippen LogP contribution is 2.36. The Hall–Kier alpha value is -5.27. The van der Waals surface area contributed by atoms with E-state index in [0.29, 0.717) is 68.1 Å². The molecule has 5 aromatic rings. The fourth-order valence-electron chi connectivity index (χ4n) is 6.40. The average molecular weight is 708 g/mol. The number of thioether (sulfide) groups is 1. The van der Waals surface area contributed by atoms with E-state index in [0.717, 1.165) is 29.1 Å². The highest BCUT2D eigenvalue weighted by Gasteiger charge is 2.38. The van der Waals surface area contributed by atoms with E-state index in [-0.39, 0.29) is 29.5 Å². The number of aromatic nitrogens is 2. The summed E-state index contributed by atoms with van der Waals surface area (Å²) in [6, 6.07) is 18.8. The smallest absolute Gasteiger partial charge is 0.266 e. The zero-order valence-corrected chi connectivity index (χ0v) is 29.2. The number of hydrogen-bond acceptors (Lipinski definition) is 9. The summed E-state index contributed by atoms with van der Waals surface area (Å²) in [6.45, 7) is 5.11. The van der Waals surface area contributed by atoms with Crippen molar-refractivity contribution >= 4 is 68.3 Å². The van der Waals surface area contributed by atoms with Gasteiger partial charge in [0.05, 0.1) is 33.4 Å². The van der Waals surface area contributed by atoms with Crippen LogP contribution in [0.5, 0.6) is 11.5 Å². The largest absolute Gasteiger partial charge is 0.457 e. The van der Waals surface area contributed by atoms with Gasteiger partial charge < -0.3 is 15.0 Å². The van der Waals surface area contributed by atoms with Gasteiger partial charge in [0.2, 0.25) is 5.91 Å².